The Balaban J connectivity index is 0.000000670. The van der Waals surface area contributed by atoms with Gasteiger partial charge in [0, 0.05) is 11.8 Å². The molecule has 0 aromatic heterocycles. The monoisotopic (exact) mass is 1520 g/mol. The molecule has 1 fully saturated rings. The number of alkyl halides is 18. The fourth-order valence-corrected chi connectivity index (χ4v) is 9.33. The first-order chi connectivity index (χ1) is 46.6. The van der Waals surface area contributed by atoms with Crippen molar-refractivity contribution in [1.82, 2.24) is 0 Å². The van der Waals surface area contributed by atoms with Crippen LogP contribution in [-0.2, 0) is 40.7 Å². The van der Waals surface area contributed by atoms with Crippen LogP contribution in [0.15, 0.2) is 91.0 Å². The van der Waals surface area contributed by atoms with Gasteiger partial charge >= 0.3 is 55.0 Å². The molecule has 7 N–H and O–H groups in total. The predicted octanol–water partition coefficient (Wildman–Crippen LogP) is 19.4. The van der Waals surface area contributed by atoms with Crippen molar-refractivity contribution in [2.45, 2.75) is 265 Å². The zero-order valence-corrected chi connectivity index (χ0v) is 61.1. The van der Waals surface area contributed by atoms with Crippen molar-refractivity contribution in [3.63, 3.8) is 0 Å². The van der Waals surface area contributed by atoms with Gasteiger partial charge in [-0.25, -0.2) is 0 Å². The summed E-state index contributed by atoms with van der Waals surface area (Å²) in [5.74, 6) is -6.26. The number of rotatable bonds is 19. The molecule has 0 bridgehead atoms. The van der Waals surface area contributed by atoms with Crippen LogP contribution in [0.5, 0.6) is 17.2 Å². The van der Waals surface area contributed by atoms with Gasteiger partial charge in [0.2, 0.25) is 0 Å². The van der Waals surface area contributed by atoms with Crippen LogP contribution >= 0.6 is 0 Å². The van der Waals surface area contributed by atoms with Crippen molar-refractivity contribution in [2.75, 3.05) is 0 Å². The number of carbonyl (C=O) groups is 3. The van der Waals surface area contributed by atoms with Crippen LogP contribution in [0.1, 0.15) is 221 Å². The lowest BCUT2D eigenvalue weighted by molar-refractivity contribution is -0.299. The standard InChI is InChI=1S/C18H28F6O4.C18H22F6O4.C14H17F3O3.C13H17F3O.C10H14O/c2*1-6-14(2,3)13(25)28-12-8-10(15(4,26)17(19,20)21)7-11(9-12)16(5,27)18(22,23)24;1-8(11-4-6-12(18)7-5-11)9(2)13(19)20-10(3)14(15,16)17;1-4-9(2)10-5-7-11(8-6-10)12(3,17)13(14,15)16;1-3-8(2)9-4-6-10(11)7-5-9/h10-12,26-27H,6-9H2,1-5H3;7-9,26-27H,6H2,1-5H3;4-10,18H,1-3H3;5-9,17H,4H2,1-3H3;4-8,11H,3H2,1-2H3. The van der Waals surface area contributed by atoms with Crippen LogP contribution < -0.4 is 4.74 Å². The van der Waals surface area contributed by atoms with E-state index in [9.17, 15) is 124 Å². The molecule has 4 aromatic rings. The van der Waals surface area contributed by atoms with Gasteiger partial charge in [-0.2, -0.15) is 79.0 Å². The fourth-order valence-electron chi connectivity index (χ4n) is 9.33. The summed E-state index contributed by atoms with van der Waals surface area (Å²) in [6.45, 7) is 24.2. The van der Waals surface area contributed by atoms with Crippen LogP contribution in [0.4, 0.5) is 79.0 Å². The van der Waals surface area contributed by atoms with Crippen LogP contribution in [-0.4, -0.2) is 114 Å². The van der Waals surface area contributed by atoms with E-state index >= 15 is 0 Å². The summed E-state index contributed by atoms with van der Waals surface area (Å²) in [6, 6.07) is 21.2. The van der Waals surface area contributed by atoms with E-state index in [1.54, 1.807) is 71.0 Å². The summed E-state index contributed by atoms with van der Waals surface area (Å²) < 4.78 is 248. The minimum Gasteiger partial charge on any atom is -0.508 e. The number of aliphatic hydroxyl groups is 5. The number of halogens is 18. The van der Waals surface area contributed by atoms with Crippen molar-refractivity contribution >= 4 is 17.9 Å². The van der Waals surface area contributed by atoms with E-state index in [1.165, 1.54) is 50.6 Å². The zero-order chi connectivity index (χ0) is 81.7. The Kier molecular flexibility index (Phi) is 32.9. The molecule has 12 unspecified atom stereocenters. The number of phenols is 2. The molecule has 0 amide bonds. The highest BCUT2D eigenvalue weighted by Gasteiger charge is 2.62. The van der Waals surface area contributed by atoms with E-state index in [0.29, 0.717) is 76.3 Å². The van der Waals surface area contributed by atoms with Crippen LogP contribution in [0.3, 0.4) is 0 Å². The zero-order valence-electron chi connectivity index (χ0n) is 61.1. The summed E-state index contributed by atoms with van der Waals surface area (Å²) >= 11 is 0. The average Bonchev–Trinajstić information content (AvgIpc) is 0.767. The van der Waals surface area contributed by atoms with E-state index < -0.39 is 160 Å². The lowest BCUT2D eigenvalue weighted by Gasteiger charge is -2.46. The van der Waals surface area contributed by atoms with Crippen LogP contribution in [0, 0.1) is 28.6 Å². The second kappa shape index (κ2) is 35.9. The van der Waals surface area contributed by atoms with Crippen LogP contribution in [0.2, 0.25) is 0 Å². The SMILES string of the molecule is CC(C(=O)OC(C)C(F)(F)F)C(C)c1ccc(O)cc1.CCC(C)(C)C(=O)OC1CC(C(C)(O)C(F)(F)F)CC(C(C)(O)C(F)(F)F)C1.CCC(C)(C)C(=O)Oc1cc(C(C)(O)C(F)(F)F)cc(C(C)(O)C(F)(F)F)c1.CCC(C)c1ccc(C(C)(O)C(F)(F)F)cc1.CCC(C)c1ccc(O)cc1. The third-order valence-corrected chi connectivity index (χ3v) is 19.5. The first-order valence-corrected chi connectivity index (χ1v) is 33.1. The lowest BCUT2D eigenvalue weighted by Crippen LogP contribution is -2.57. The first kappa shape index (κ1) is 95.4. The van der Waals surface area contributed by atoms with Gasteiger partial charge in [-0.1, -0.05) is 104 Å². The second-order valence-corrected chi connectivity index (χ2v) is 28.4. The van der Waals surface area contributed by atoms with Gasteiger partial charge in [-0.15, -0.1) is 0 Å². The topological polar surface area (TPSA) is 221 Å². The molecular weight excluding hydrogens is 1430 g/mol. The van der Waals surface area contributed by atoms with E-state index in [0.717, 1.165) is 37.8 Å². The first-order valence-electron chi connectivity index (χ1n) is 33.1. The number of carbonyl (C=O) groups excluding carboxylic acids is 3. The van der Waals surface area contributed by atoms with Gasteiger partial charge in [0.05, 0.1) is 16.7 Å². The molecule has 0 heterocycles. The van der Waals surface area contributed by atoms with E-state index in [4.69, 9.17) is 14.6 Å². The Bertz CT molecular complexity index is 3250. The largest absolute Gasteiger partial charge is 0.508 e. The van der Waals surface area contributed by atoms with Crippen molar-refractivity contribution < 1.29 is 143 Å². The molecule has 0 spiro atoms. The molecule has 1 saturated carbocycles. The molecular formula is C73H98F18O13. The van der Waals surface area contributed by atoms with Gasteiger partial charge in [0.15, 0.2) is 34.1 Å². The molecule has 1 aliphatic carbocycles. The van der Waals surface area contributed by atoms with Crippen molar-refractivity contribution in [3.05, 3.63) is 124 Å². The number of ether oxygens (including phenoxy) is 3. The molecule has 4 aromatic carbocycles. The second-order valence-electron chi connectivity index (χ2n) is 28.4. The molecule has 1 aliphatic rings. The summed E-state index contributed by atoms with van der Waals surface area (Å²) in [7, 11) is 0. The number of phenolic OH excluding ortho intramolecular Hbond substituents is 2. The number of hydrogen-bond acceptors (Lipinski definition) is 13. The van der Waals surface area contributed by atoms with E-state index in [-0.39, 0.29) is 17.2 Å². The Morgan fingerprint density at radius 3 is 1.06 bits per heavy atom. The van der Waals surface area contributed by atoms with Gasteiger partial charge < -0.3 is 50.0 Å². The Morgan fingerprint density at radius 1 is 0.433 bits per heavy atom. The number of aromatic hydroxyl groups is 2. The maximum atomic E-state index is 13.3. The summed E-state index contributed by atoms with van der Waals surface area (Å²) in [4.78, 5) is 36.2. The van der Waals surface area contributed by atoms with Crippen molar-refractivity contribution in [2.24, 2.45) is 28.6 Å². The molecule has 0 radical (unpaired) electrons. The van der Waals surface area contributed by atoms with E-state index in [1.807, 2.05) is 26.0 Å². The van der Waals surface area contributed by atoms with Gasteiger partial charge in [-0.05, 0) is 208 Å². The van der Waals surface area contributed by atoms with Crippen molar-refractivity contribution in [3.8, 4) is 17.2 Å². The van der Waals surface area contributed by atoms with E-state index in [2.05, 4.69) is 18.6 Å². The lowest BCUT2D eigenvalue weighted by atomic mass is 9.67. The Hall–Kier alpha value is -6.57. The normalized spacial score (nSPS) is 19.9. The number of hydrogen-bond donors (Lipinski definition) is 7. The van der Waals surface area contributed by atoms with Gasteiger partial charge in [-0.3, -0.25) is 14.4 Å². The van der Waals surface area contributed by atoms with Crippen molar-refractivity contribution in [1.29, 1.82) is 0 Å². The maximum Gasteiger partial charge on any atom is 0.425 e. The molecule has 594 valence electrons. The summed E-state index contributed by atoms with van der Waals surface area (Å²) in [5, 5.41) is 67.4. The third-order valence-electron chi connectivity index (χ3n) is 19.5. The molecule has 12 atom stereocenters. The fraction of sp³-hybridized carbons (Fsp3) is 0.630. The highest BCUT2D eigenvalue weighted by Crippen LogP contribution is 2.51. The molecule has 0 aliphatic heterocycles. The highest BCUT2D eigenvalue weighted by molar-refractivity contribution is 5.78. The van der Waals surface area contributed by atoms with Crippen LogP contribution in [0.25, 0.3) is 0 Å². The molecule has 31 heteroatoms. The molecule has 5 rings (SSSR count). The Labute approximate surface area is 594 Å². The predicted molar refractivity (Wildman–Crippen MR) is 350 cm³/mol. The summed E-state index contributed by atoms with van der Waals surface area (Å²) in [5.41, 5.74) is -17.6. The number of esters is 3. The smallest absolute Gasteiger partial charge is 0.425 e. The molecule has 0 saturated heterocycles. The van der Waals surface area contributed by atoms with Gasteiger partial charge in [0.1, 0.15) is 23.4 Å². The number of benzene rings is 4. The molecule has 104 heavy (non-hydrogen) atoms. The summed E-state index contributed by atoms with van der Waals surface area (Å²) in [6.07, 6.45) is -32.2. The Morgan fingerprint density at radius 2 is 0.750 bits per heavy atom. The van der Waals surface area contributed by atoms with Gasteiger partial charge in [0.25, 0.3) is 0 Å². The minimum atomic E-state index is -5.24. The molecule has 13 nitrogen and oxygen atoms in total. The minimum absolute atomic E-state index is 0.0851. The maximum absolute atomic E-state index is 13.3. The third kappa shape index (κ3) is 25.6. The quantitative estimate of drug-likeness (QED) is 0.0264. The average molecular weight is 1530 g/mol. The highest BCUT2D eigenvalue weighted by atomic mass is 19.4.